The van der Waals surface area contributed by atoms with Crippen LogP contribution < -0.4 is 10.6 Å². The number of hydrogen-bond donors (Lipinski definition) is 2. The highest BCUT2D eigenvalue weighted by atomic mass is 16.2. The number of amides is 2. The van der Waals surface area contributed by atoms with Gasteiger partial charge in [0.25, 0.3) is 5.91 Å². The van der Waals surface area contributed by atoms with Crippen molar-refractivity contribution >= 4 is 28.5 Å². The van der Waals surface area contributed by atoms with E-state index in [0.717, 1.165) is 46.5 Å². The highest BCUT2D eigenvalue weighted by Crippen LogP contribution is 2.28. The molecule has 37 heavy (non-hydrogen) atoms. The second-order valence-electron chi connectivity index (χ2n) is 9.43. The van der Waals surface area contributed by atoms with Crippen LogP contribution in [-0.2, 0) is 17.8 Å². The minimum atomic E-state index is -0.123. The zero-order valence-corrected chi connectivity index (χ0v) is 21.3. The largest absolute Gasteiger partial charge is 0.369 e. The van der Waals surface area contributed by atoms with Crippen LogP contribution in [0.2, 0.25) is 0 Å². The predicted molar refractivity (Wildman–Crippen MR) is 144 cm³/mol. The van der Waals surface area contributed by atoms with Crippen LogP contribution in [0.1, 0.15) is 46.8 Å². The monoisotopic (exact) mass is 494 g/mol. The highest BCUT2D eigenvalue weighted by Gasteiger charge is 2.19. The van der Waals surface area contributed by atoms with Crippen LogP contribution >= 0.6 is 0 Å². The highest BCUT2D eigenvalue weighted by molar-refractivity contribution is 6.06. The molecule has 1 atom stereocenters. The molecule has 0 saturated heterocycles. The quantitative estimate of drug-likeness (QED) is 0.417. The van der Waals surface area contributed by atoms with Gasteiger partial charge >= 0.3 is 0 Å². The lowest BCUT2D eigenvalue weighted by molar-refractivity contribution is -0.129. The number of rotatable bonds is 6. The fourth-order valence-electron chi connectivity index (χ4n) is 4.89. The van der Waals surface area contributed by atoms with Crippen LogP contribution in [0.15, 0.2) is 61.1 Å². The van der Waals surface area contributed by atoms with Gasteiger partial charge in [-0.3, -0.25) is 14.6 Å². The van der Waals surface area contributed by atoms with Gasteiger partial charge in [-0.1, -0.05) is 37.3 Å². The molecule has 8 heteroatoms. The third kappa shape index (κ3) is 5.00. The maximum absolute atomic E-state index is 12.3. The Labute approximate surface area is 216 Å². The normalized spacial score (nSPS) is 13.6. The minimum absolute atomic E-state index is 0.113. The molecule has 2 aromatic heterocycles. The van der Waals surface area contributed by atoms with E-state index >= 15 is 0 Å². The van der Waals surface area contributed by atoms with Crippen LogP contribution in [0.4, 0.5) is 5.82 Å². The first-order valence-corrected chi connectivity index (χ1v) is 12.5. The van der Waals surface area contributed by atoms with Crippen molar-refractivity contribution in [2.24, 2.45) is 0 Å². The molecule has 0 radical (unpaired) electrons. The molecule has 1 aliphatic rings. The van der Waals surface area contributed by atoms with Crippen molar-refractivity contribution < 1.29 is 9.59 Å². The fraction of sp³-hybridized carbons (Fsp3) is 0.276. The summed E-state index contributed by atoms with van der Waals surface area (Å²) < 4.78 is 0. The first-order chi connectivity index (χ1) is 17.9. The second-order valence-corrected chi connectivity index (χ2v) is 9.43. The van der Waals surface area contributed by atoms with Crippen molar-refractivity contribution in [1.82, 2.24) is 25.2 Å². The number of para-hydroxylation sites is 1. The van der Waals surface area contributed by atoms with Crippen molar-refractivity contribution in [3.05, 3.63) is 83.3 Å². The summed E-state index contributed by atoms with van der Waals surface area (Å²) in [6.45, 7) is 5.80. The van der Waals surface area contributed by atoms with E-state index in [4.69, 9.17) is 0 Å². The molecule has 2 aromatic carbocycles. The maximum Gasteiger partial charge on any atom is 0.251 e. The zero-order valence-electron chi connectivity index (χ0n) is 21.3. The summed E-state index contributed by atoms with van der Waals surface area (Å²) >= 11 is 0. The van der Waals surface area contributed by atoms with Crippen LogP contribution in [0.3, 0.4) is 0 Å². The number of nitrogens with one attached hydrogen (secondary N) is 2. The third-order valence-electron chi connectivity index (χ3n) is 7.02. The summed E-state index contributed by atoms with van der Waals surface area (Å²) in [7, 11) is 1.63. The van der Waals surface area contributed by atoms with Gasteiger partial charge in [-0.05, 0) is 35.2 Å². The SMILES string of the molecule is CNC(=O)c1ccnc2c(C(C)CNc3cc(-c4ccc5c(c4)CCN(C(C)=O)C5)ncn3)cccc12. The Morgan fingerprint density at radius 3 is 2.73 bits per heavy atom. The molecule has 0 fully saturated rings. The lowest BCUT2D eigenvalue weighted by Gasteiger charge is -2.28. The molecule has 5 rings (SSSR count). The van der Waals surface area contributed by atoms with E-state index < -0.39 is 0 Å². The molecular weight excluding hydrogens is 464 g/mol. The molecule has 3 heterocycles. The molecular formula is C29H30N6O2. The zero-order chi connectivity index (χ0) is 25.9. The second kappa shape index (κ2) is 10.3. The van der Waals surface area contributed by atoms with E-state index in [0.29, 0.717) is 18.7 Å². The van der Waals surface area contributed by atoms with Gasteiger partial charge in [0.2, 0.25) is 5.91 Å². The molecule has 0 bridgehead atoms. The Kier molecular flexibility index (Phi) is 6.81. The summed E-state index contributed by atoms with van der Waals surface area (Å²) in [5.74, 6) is 0.864. The Morgan fingerprint density at radius 1 is 1.05 bits per heavy atom. The molecule has 2 N–H and O–H groups in total. The van der Waals surface area contributed by atoms with E-state index in [9.17, 15) is 9.59 Å². The van der Waals surface area contributed by atoms with Crippen LogP contribution in [-0.4, -0.2) is 51.8 Å². The Balaban J connectivity index is 1.33. The van der Waals surface area contributed by atoms with Gasteiger partial charge in [0.1, 0.15) is 12.1 Å². The van der Waals surface area contributed by atoms with Crippen molar-refractivity contribution in [3.8, 4) is 11.3 Å². The molecule has 0 saturated carbocycles. The van der Waals surface area contributed by atoms with Crippen LogP contribution in [0.25, 0.3) is 22.2 Å². The number of nitrogens with zero attached hydrogens (tertiary/aromatic N) is 4. The van der Waals surface area contributed by atoms with E-state index in [2.05, 4.69) is 56.8 Å². The molecule has 0 spiro atoms. The molecule has 8 nitrogen and oxygen atoms in total. The molecule has 0 aliphatic carbocycles. The standard InChI is InChI=1S/C29H30N6O2/c1-18(23-5-4-6-24-25(29(37)30-3)9-11-31-28(23)24)15-32-27-14-26(33-17-34-27)21-7-8-22-16-35(19(2)36)12-10-20(22)13-21/h4-9,11,13-14,17-18H,10,12,15-16H2,1-3H3,(H,30,37)(H,32,33,34). The Bertz CT molecular complexity index is 1480. The lowest BCUT2D eigenvalue weighted by Crippen LogP contribution is -2.34. The van der Waals surface area contributed by atoms with Crippen molar-refractivity contribution in [3.63, 3.8) is 0 Å². The summed E-state index contributed by atoms with van der Waals surface area (Å²) in [5.41, 5.74) is 6.86. The number of anilines is 1. The van der Waals surface area contributed by atoms with Crippen LogP contribution in [0.5, 0.6) is 0 Å². The van der Waals surface area contributed by atoms with Crippen molar-refractivity contribution in [1.29, 1.82) is 0 Å². The number of fused-ring (bicyclic) bond motifs is 2. The number of carbonyl (C=O) groups is 2. The molecule has 1 aliphatic heterocycles. The summed E-state index contributed by atoms with van der Waals surface area (Å²) in [6, 6.07) is 16.0. The number of benzene rings is 2. The van der Waals surface area contributed by atoms with Crippen LogP contribution in [0, 0.1) is 0 Å². The number of pyridine rings is 1. The summed E-state index contributed by atoms with van der Waals surface area (Å²) in [4.78, 5) is 39.4. The predicted octanol–water partition coefficient (Wildman–Crippen LogP) is 4.17. The van der Waals surface area contributed by atoms with E-state index in [1.807, 2.05) is 23.1 Å². The van der Waals surface area contributed by atoms with E-state index in [1.165, 1.54) is 11.1 Å². The van der Waals surface area contributed by atoms with Gasteiger partial charge in [-0.2, -0.15) is 0 Å². The first kappa shape index (κ1) is 24.4. The van der Waals surface area contributed by atoms with Gasteiger partial charge in [0.15, 0.2) is 0 Å². The molecule has 2 amide bonds. The lowest BCUT2D eigenvalue weighted by atomic mass is 9.95. The Hall–Kier alpha value is -4.33. The minimum Gasteiger partial charge on any atom is -0.369 e. The first-order valence-electron chi connectivity index (χ1n) is 12.5. The van der Waals surface area contributed by atoms with Gasteiger partial charge < -0.3 is 15.5 Å². The molecule has 1 unspecified atom stereocenters. The number of aromatic nitrogens is 3. The summed E-state index contributed by atoms with van der Waals surface area (Å²) in [6.07, 6.45) is 4.11. The van der Waals surface area contributed by atoms with E-state index in [-0.39, 0.29) is 17.7 Å². The third-order valence-corrected chi connectivity index (χ3v) is 7.02. The van der Waals surface area contributed by atoms with Gasteiger partial charge in [-0.15, -0.1) is 0 Å². The van der Waals surface area contributed by atoms with Crippen molar-refractivity contribution in [2.75, 3.05) is 25.5 Å². The van der Waals surface area contributed by atoms with Gasteiger partial charge in [0.05, 0.1) is 16.8 Å². The maximum atomic E-state index is 12.3. The fourth-order valence-corrected chi connectivity index (χ4v) is 4.89. The summed E-state index contributed by atoms with van der Waals surface area (Å²) in [5, 5.41) is 6.99. The topological polar surface area (TPSA) is 100 Å². The number of carbonyl (C=O) groups excluding carboxylic acids is 2. The number of hydrogen-bond acceptors (Lipinski definition) is 6. The smallest absolute Gasteiger partial charge is 0.251 e. The Morgan fingerprint density at radius 2 is 1.92 bits per heavy atom. The molecule has 188 valence electrons. The average Bonchev–Trinajstić information content (AvgIpc) is 2.94. The van der Waals surface area contributed by atoms with Crippen molar-refractivity contribution in [2.45, 2.75) is 32.7 Å². The van der Waals surface area contributed by atoms with E-state index in [1.54, 1.807) is 32.6 Å². The van der Waals surface area contributed by atoms with Gasteiger partial charge in [-0.25, -0.2) is 9.97 Å². The average molecular weight is 495 g/mol. The van der Waals surface area contributed by atoms with Gasteiger partial charge in [0, 0.05) is 62.7 Å². The molecule has 4 aromatic rings.